The average molecular weight is 320 g/mol. The summed E-state index contributed by atoms with van der Waals surface area (Å²) in [6, 6.07) is 12.2. The summed E-state index contributed by atoms with van der Waals surface area (Å²) in [5.41, 5.74) is 2.51. The quantitative estimate of drug-likeness (QED) is 0.759. The van der Waals surface area contributed by atoms with Gasteiger partial charge in [0.2, 0.25) is 0 Å². The molecule has 110 valence electrons. The van der Waals surface area contributed by atoms with E-state index in [-0.39, 0.29) is 5.91 Å². The molecule has 3 rings (SSSR count). The lowest BCUT2D eigenvalue weighted by Gasteiger charge is -2.21. The molecule has 1 aromatic carbocycles. The van der Waals surface area contributed by atoms with Crippen LogP contribution in [0, 0.1) is 0 Å². The first-order chi connectivity index (χ1) is 10.3. The molecular weight excluding hydrogens is 302 g/mol. The number of alkyl halides is 1. The third-order valence-corrected chi connectivity index (χ3v) is 5.21. The molecule has 0 atom stereocenters. The van der Waals surface area contributed by atoms with E-state index in [2.05, 4.69) is 6.07 Å². The van der Waals surface area contributed by atoms with E-state index in [1.807, 2.05) is 35.2 Å². The lowest BCUT2D eigenvalue weighted by molar-refractivity contribution is 0.0758. The molecule has 0 N–H and O–H groups in total. The number of carbonyl (C=O) groups is 1. The number of hydrogen-bond donors (Lipinski definition) is 0. The molecule has 1 amide bonds. The van der Waals surface area contributed by atoms with Crippen molar-refractivity contribution in [1.29, 1.82) is 0 Å². The number of rotatable bonds is 5. The molecule has 0 spiro atoms. The molecule has 21 heavy (non-hydrogen) atoms. The highest BCUT2D eigenvalue weighted by Crippen LogP contribution is 2.31. The van der Waals surface area contributed by atoms with Gasteiger partial charge in [0, 0.05) is 23.8 Å². The standard InChI is InChI=1S/C17H18ClNOS/c18-9-10-19(12-13-5-2-1-3-6-13)17(20)16-11-14-7-4-8-15(14)21-16/h1-3,5-6,11H,4,7-10,12H2. The van der Waals surface area contributed by atoms with E-state index in [1.54, 1.807) is 11.3 Å². The number of nitrogens with zero attached hydrogens (tertiary/aromatic N) is 1. The van der Waals surface area contributed by atoms with Crippen molar-refractivity contribution in [3.63, 3.8) is 0 Å². The van der Waals surface area contributed by atoms with E-state index in [1.165, 1.54) is 16.9 Å². The van der Waals surface area contributed by atoms with E-state index in [0.29, 0.717) is 19.0 Å². The lowest BCUT2D eigenvalue weighted by Crippen LogP contribution is -2.31. The Morgan fingerprint density at radius 3 is 2.76 bits per heavy atom. The molecule has 4 heteroatoms. The highest BCUT2D eigenvalue weighted by molar-refractivity contribution is 7.14. The predicted octanol–water partition coefficient (Wildman–Crippen LogP) is 4.12. The van der Waals surface area contributed by atoms with Crippen LogP contribution in [0.3, 0.4) is 0 Å². The first-order valence-corrected chi connectivity index (χ1v) is 8.64. The molecule has 0 bridgehead atoms. The summed E-state index contributed by atoms with van der Waals surface area (Å²) < 4.78 is 0. The maximum Gasteiger partial charge on any atom is 0.264 e. The summed E-state index contributed by atoms with van der Waals surface area (Å²) in [5.74, 6) is 0.572. The monoisotopic (exact) mass is 319 g/mol. The summed E-state index contributed by atoms with van der Waals surface area (Å²) in [6.07, 6.45) is 3.47. The second kappa shape index (κ2) is 6.63. The van der Waals surface area contributed by atoms with Gasteiger partial charge in [0.1, 0.15) is 0 Å². The molecule has 1 aliphatic carbocycles. The van der Waals surface area contributed by atoms with E-state index in [4.69, 9.17) is 11.6 Å². The van der Waals surface area contributed by atoms with Crippen LogP contribution in [-0.2, 0) is 19.4 Å². The van der Waals surface area contributed by atoms with Gasteiger partial charge in [0.25, 0.3) is 5.91 Å². The van der Waals surface area contributed by atoms with Gasteiger partial charge in [-0.2, -0.15) is 0 Å². The van der Waals surface area contributed by atoms with Crippen molar-refractivity contribution in [3.8, 4) is 0 Å². The van der Waals surface area contributed by atoms with Crippen LogP contribution >= 0.6 is 22.9 Å². The minimum Gasteiger partial charge on any atom is -0.332 e. The van der Waals surface area contributed by atoms with Crippen LogP contribution in [0.5, 0.6) is 0 Å². The number of fused-ring (bicyclic) bond motifs is 1. The van der Waals surface area contributed by atoms with Gasteiger partial charge in [-0.3, -0.25) is 4.79 Å². The zero-order chi connectivity index (χ0) is 14.7. The number of aryl methyl sites for hydroxylation is 2. The Hall–Kier alpha value is -1.32. The Labute approximate surface area is 134 Å². The van der Waals surface area contributed by atoms with E-state index in [9.17, 15) is 4.79 Å². The molecule has 0 aliphatic heterocycles. The molecule has 2 nitrogen and oxygen atoms in total. The Bertz CT molecular complexity index is 601. The van der Waals surface area contributed by atoms with Crippen LogP contribution < -0.4 is 0 Å². The van der Waals surface area contributed by atoms with Crippen molar-refractivity contribution >= 4 is 28.8 Å². The Morgan fingerprint density at radius 1 is 1.24 bits per heavy atom. The van der Waals surface area contributed by atoms with Crippen molar-refractivity contribution in [1.82, 2.24) is 4.90 Å². The molecule has 0 unspecified atom stereocenters. The van der Waals surface area contributed by atoms with Gasteiger partial charge in [-0.05, 0) is 36.5 Å². The van der Waals surface area contributed by atoms with Gasteiger partial charge in [-0.15, -0.1) is 22.9 Å². The largest absolute Gasteiger partial charge is 0.332 e. The van der Waals surface area contributed by atoms with Crippen molar-refractivity contribution in [2.45, 2.75) is 25.8 Å². The summed E-state index contributed by atoms with van der Waals surface area (Å²) in [5, 5.41) is 0. The van der Waals surface area contributed by atoms with Gasteiger partial charge in [-0.25, -0.2) is 0 Å². The maximum absolute atomic E-state index is 12.7. The summed E-state index contributed by atoms with van der Waals surface area (Å²) in [6.45, 7) is 1.20. The number of thiophene rings is 1. The number of amides is 1. The van der Waals surface area contributed by atoms with Crippen LogP contribution in [0.15, 0.2) is 36.4 Å². The second-order valence-corrected chi connectivity index (χ2v) is 6.83. The molecule has 1 aromatic heterocycles. The second-order valence-electron chi connectivity index (χ2n) is 5.31. The number of halogens is 1. The lowest BCUT2D eigenvalue weighted by atomic mass is 10.2. The Kier molecular flexibility index (Phi) is 4.61. The smallest absolute Gasteiger partial charge is 0.264 e. The third kappa shape index (κ3) is 3.30. The highest BCUT2D eigenvalue weighted by atomic mass is 35.5. The van der Waals surface area contributed by atoms with E-state index >= 15 is 0 Å². The van der Waals surface area contributed by atoms with Crippen LogP contribution in [0.25, 0.3) is 0 Å². The zero-order valence-electron chi connectivity index (χ0n) is 11.8. The SMILES string of the molecule is O=C(c1cc2c(s1)CCC2)N(CCCl)Cc1ccccc1. The van der Waals surface area contributed by atoms with Gasteiger partial charge in [-0.1, -0.05) is 30.3 Å². The average Bonchev–Trinajstić information content (AvgIpc) is 3.08. The highest BCUT2D eigenvalue weighted by Gasteiger charge is 2.22. The van der Waals surface area contributed by atoms with Crippen molar-refractivity contribution in [2.24, 2.45) is 0 Å². The molecule has 2 aromatic rings. The van der Waals surface area contributed by atoms with Crippen LogP contribution in [-0.4, -0.2) is 23.2 Å². The van der Waals surface area contributed by atoms with Crippen molar-refractivity contribution < 1.29 is 4.79 Å². The van der Waals surface area contributed by atoms with E-state index < -0.39 is 0 Å². The van der Waals surface area contributed by atoms with Crippen LogP contribution in [0.2, 0.25) is 0 Å². The fraction of sp³-hybridized carbons (Fsp3) is 0.353. The van der Waals surface area contributed by atoms with Crippen molar-refractivity contribution in [3.05, 3.63) is 57.3 Å². The van der Waals surface area contributed by atoms with Gasteiger partial charge < -0.3 is 4.90 Å². The maximum atomic E-state index is 12.7. The Morgan fingerprint density at radius 2 is 2.05 bits per heavy atom. The number of carbonyl (C=O) groups excluding carboxylic acids is 1. The third-order valence-electron chi connectivity index (χ3n) is 3.82. The summed E-state index contributed by atoms with van der Waals surface area (Å²) in [7, 11) is 0. The molecule has 0 saturated heterocycles. The molecule has 0 saturated carbocycles. The van der Waals surface area contributed by atoms with E-state index in [0.717, 1.165) is 23.3 Å². The van der Waals surface area contributed by atoms with Crippen molar-refractivity contribution in [2.75, 3.05) is 12.4 Å². The van der Waals surface area contributed by atoms with Gasteiger partial charge in [0.05, 0.1) is 4.88 Å². The van der Waals surface area contributed by atoms with Crippen LogP contribution in [0.4, 0.5) is 0 Å². The summed E-state index contributed by atoms with van der Waals surface area (Å²) in [4.78, 5) is 16.8. The molecular formula is C17H18ClNOS. The first-order valence-electron chi connectivity index (χ1n) is 7.28. The molecule has 0 fully saturated rings. The normalized spacial score (nSPS) is 13.2. The minimum atomic E-state index is 0.110. The minimum absolute atomic E-state index is 0.110. The number of benzene rings is 1. The first kappa shape index (κ1) is 14.6. The molecule has 1 aliphatic rings. The van der Waals surface area contributed by atoms with Gasteiger partial charge >= 0.3 is 0 Å². The molecule has 0 radical (unpaired) electrons. The fourth-order valence-corrected chi connectivity index (χ4v) is 4.17. The topological polar surface area (TPSA) is 20.3 Å². The fourth-order valence-electron chi connectivity index (χ4n) is 2.75. The zero-order valence-corrected chi connectivity index (χ0v) is 13.4. The van der Waals surface area contributed by atoms with Gasteiger partial charge in [0.15, 0.2) is 0 Å². The Balaban J connectivity index is 1.77. The summed E-state index contributed by atoms with van der Waals surface area (Å²) >= 11 is 7.54. The number of hydrogen-bond acceptors (Lipinski definition) is 2. The van der Waals surface area contributed by atoms with Crippen LogP contribution in [0.1, 0.15) is 32.1 Å². The predicted molar refractivity (Wildman–Crippen MR) is 88.2 cm³/mol. The molecule has 1 heterocycles.